The maximum Gasteiger partial charge on any atom is 0.230 e. The van der Waals surface area contributed by atoms with Gasteiger partial charge in [0.2, 0.25) is 6.79 Å². The molecule has 0 spiro atoms. The van der Waals surface area contributed by atoms with Crippen LogP contribution in [0.5, 0.6) is 0 Å². The molecule has 0 amide bonds. The SMILES string of the molecule is CC1=C(c2ccccc2)OCO1. The minimum Gasteiger partial charge on any atom is -0.458 e. The molecule has 1 heterocycles. The molecule has 2 rings (SSSR count). The first-order chi connectivity index (χ1) is 5.88. The lowest BCUT2D eigenvalue weighted by Crippen LogP contribution is -1.85. The molecule has 0 fully saturated rings. The van der Waals surface area contributed by atoms with Crippen molar-refractivity contribution in [3.63, 3.8) is 0 Å². The van der Waals surface area contributed by atoms with E-state index in [0.717, 1.165) is 17.1 Å². The number of ether oxygens (including phenoxy) is 2. The third kappa shape index (κ3) is 1.16. The van der Waals surface area contributed by atoms with Crippen LogP contribution in [-0.4, -0.2) is 6.79 Å². The highest BCUT2D eigenvalue weighted by Gasteiger charge is 2.14. The van der Waals surface area contributed by atoms with Gasteiger partial charge in [0, 0.05) is 5.56 Å². The number of allylic oxidation sites excluding steroid dienone is 1. The molecule has 0 saturated carbocycles. The highest BCUT2D eigenvalue weighted by molar-refractivity contribution is 5.62. The monoisotopic (exact) mass is 162 g/mol. The van der Waals surface area contributed by atoms with Crippen molar-refractivity contribution < 1.29 is 9.47 Å². The van der Waals surface area contributed by atoms with Crippen LogP contribution in [0.4, 0.5) is 0 Å². The van der Waals surface area contributed by atoms with E-state index in [2.05, 4.69) is 0 Å². The van der Waals surface area contributed by atoms with Crippen molar-refractivity contribution in [2.24, 2.45) is 0 Å². The van der Waals surface area contributed by atoms with Crippen molar-refractivity contribution in [2.75, 3.05) is 6.79 Å². The molecule has 0 aliphatic carbocycles. The van der Waals surface area contributed by atoms with Crippen LogP contribution in [0.1, 0.15) is 12.5 Å². The maximum absolute atomic E-state index is 5.31. The largest absolute Gasteiger partial charge is 0.458 e. The molecule has 1 aromatic carbocycles. The normalized spacial score (nSPS) is 15.8. The topological polar surface area (TPSA) is 18.5 Å². The Hall–Kier alpha value is -1.44. The molecule has 1 aromatic rings. The Morgan fingerprint density at radius 1 is 1.08 bits per heavy atom. The molecule has 62 valence electrons. The molecule has 0 unspecified atom stereocenters. The quantitative estimate of drug-likeness (QED) is 0.631. The van der Waals surface area contributed by atoms with Crippen molar-refractivity contribution in [3.8, 4) is 0 Å². The van der Waals surface area contributed by atoms with Gasteiger partial charge in [-0.15, -0.1) is 0 Å². The van der Waals surface area contributed by atoms with Gasteiger partial charge in [-0.3, -0.25) is 0 Å². The average Bonchev–Trinajstić information content (AvgIpc) is 2.53. The highest BCUT2D eigenvalue weighted by Crippen LogP contribution is 2.25. The molecule has 0 N–H and O–H groups in total. The third-order valence-electron chi connectivity index (χ3n) is 1.83. The molecule has 0 radical (unpaired) electrons. The summed E-state index contributed by atoms with van der Waals surface area (Å²) in [5.74, 6) is 1.72. The summed E-state index contributed by atoms with van der Waals surface area (Å²) in [4.78, 5) is 0. The van der Waals surface area contributed by atoms with Crippen molar-refractivity contribution in [1.82, 2.24) is 0 Å². The molecule has 2 heteroatoms. The van der Waals surface area contributed by atoms with Gasteiger partial charge in [-0.1, -0.05) is 30.3 Å². The van der Waals surface area contributed by atoms with E-state index in [1.54, 1.807) is 0 Å². The second kappa shape index (κ2) is 2.89. The molecule has 0 bridgehead atoms. The predicted octanol–water partition coefficient (Wildman–Crippen LogP) is 2.38. The number of hydrogen-bond donors (Lipinski definition) is 0. The highest BCUT2D eigenvalue weighted by atomic mass is 16.7. The first kappa shape index (κ1) is 7.22. The van der Waals surface area contributed by atoms with E-state index in [4.69, 9.17) is 9.47 Å². The Labute approximate surface area is 71.4 Å². The van der Waals surface area contributed by atoms with Gasteiger partial charge < -0.3 is 9.47 Å². The van der Waals surface area contributed by atoms with E-state index in [1.807, 2.05) is 37.3 Å². The first-order valence-corrected chi connectivity index (χ1v) is 3.90. The summed E-state index contributed by atoms with van der Waals surface area (Å²) in [7, 11) is 0. The average molecular weight is 162 g/mol. The van der Waals surface area contributed by atoms with Gasteiger partial charge in [0.1, 0.15) is 5.76 Å². The second-order valence-electron chi connectivity index (χ2n) is 2.66. The molecule has 2 nitrogen and oxygen atoms in total. The summed E-state index contributed by atoms with van der Waals surface area (Å²) in [6.07, 6.45) is 0. The summed E-state index contributed by atoms with van der Waals surface area (Å²) in [6, 6.07) is 9.96. The standard InChI is InChI=1S/C10H10O2/c1-8-10(12-7-11-8)9-5-3-2-4-6-9/h2-6H,7H2,1H3. The van der Waals surface area contributed by atoms with Crippen LogP contribution in [0.25, 0.3) is 5.76 Å². The lowest BCUT2D eigenvalue weighted by atomic mass is 10.2. The third-order valence-corrected chi connectivity index (χ3v) is 1.83. The molecule has 0 saturated heterocycles. The van der Waals surface area contributed by atoms with Crippen molar-refractivity contribution in [3.05, 3.63) is 41.7 Å². The van der Waals surface area contributed by atoms with Crippen LogP contribution in [0.2, 0.25) is 0 Å². The van der Waals surface area contributed by atoms with E-state index in [1.165, 1.54) is 0 Å². The molecular weight excluding hydrogens is 152 g/mol. The fourth-order valence-electron chi connectivity index (χ4n) is 1.22. The summed E-state index contributed by atoms with van der Waals surface area (Å²) >= 11 is 0. The van der Waals surface area contributed by atoms with Gasteiger partial charge in [0.25, 0.3) is 0 Å². The van der Waals surface area contributed by atoms with Gasteiger partial charge in [-0.25, -0.2) is 0 Å². The van der Waals surface area contributed by atoms with Gasteiger partial charge in [0.15, 0.2) is 5.76 Å². The number of rotatable bonds is 1. The lowest BCUT2D eigenvalue weighted by Gasteiger charge is -1.99. The second-order valence-corrected chi connectivity index (χ2v) is 2.66. The Balaban J connectivity index is 2.37. The van der Waals surface area contributed by atoms with Crippen molar-refractivity contribution in [1.29, 1.82) is 0 Å². The Kier molecular flexibility index (Phi) is 1.74. The molecule has 0 atom stereocenters. The van der Waals surface area contributed by atoms with E-state index < -0.39 is 0 Å². The van der Waals surface area contributed by atoms with Crippen LogP contribution in [-0.2, 0) is 9.47 Å². The smallest absolute Gasteiger partial charge is 0.230 e. The minimum absolute atomic E-state index is 0.343. The summed E-state index contributed by atoms with van der Waals surface area (Å²) in [6.45, 7) is 2.26. The van der Waals surface area contributed by atoms with Crippen LogP contribution in [0.3, 0.4) is 0 Å². The van der Waals surface area contributed by atoms with Gasteiger partial charge >= 0.3 is 0 Å². The molecule has 1 aliphatic rings. The van der Waals surface area contributed by atoms with Gasteiger partial charge in [-0.05, 0) is 6.92 Å². The van der Waals surface area contributed by atoms with Crippen molar-refractivity contribution in [2.45, 2.75) is 6.92 Å². The lowest BCUT2D eigenvalue weighted by molar-refractivity contribution is 0.0882. The zero-order valence-electron chi connectivity index (χ0n) is 6.91. The minimum atomic E-state index is 0.343. The Bertz CT molecular complexity index is 301. The Morgan fingerprint density at radius 3 is 2.42 bits per heavy atom. The van der Waals surface area contributed by atoms with E-state index in [0.29, 0.717) is 6.79 Å². The first-order valence-electron chi connectivity index (χ1n) is 3.90. The van der Waals surface area contributed by atoms with Crippen LogP contribution in [0.15, 0.2) is 36.1 Å². The van der Waals surface area contributed by atoms with Crippen LogP contribution >= 0.6 is 0 Å². The van der Waals surface area contributed by atoms with Crippen LogP contribution in [0, 0.1) is 0 Å². The number of benzene rings is 1. The maximum atomic E-state index is 5.31. The molecule has 1 aliphatic heterocycles. The fraction of sp³-hybridized carbons (Fsp3) is 0.200. The van der Waals surface area contributed by atoms with E-state index in [-0.39, 0.29) is 0 Å². The van der Waals surface area contributed by atoms with Gasteiger partial charge in [0.05, 0.1) is 0 Å². The predicted molar refractivity (Wildman–Crippen MR) is 46.1 cm³/mol. The van der Waals surface area contributed by atoms with E-state index >= 15 is 0 Å². The summed E-state index contributed by atoms with van der Waals surface area (Å²) < 4.78 is 10.5. The van der Waals surface area contributed by atoms with Gasteiger partial charge in [-0.2, -0.15) is 0 Å². The molecular formula is C10H10O2. The fourth-order valence-corrected chi connectivity index (χ4v) is 1.22. The molecule has 0 aromatic heterocycles. The summed E-state index contributed by atoms with van der Waals surface area (Å²) in [5, 5.41) is 0. The zero-order valence-corrected chi connectivity index (χ0v) is 6.91. The van der Waals surface area contributed by atoms with E-state index in [9.17, 15) is 0 Å². The van der Waals surface area contributed by atoms with Crippen molar-refractivity contribution >= 4 is 5.76 Å². The summed E-state index contributed by atoms with van der Waals surface area (Å²) in [5.41, 5.74) is 1.08. The molecule has 12 heavy (non-hydrogen) atoms. The zero-order chi connectivity index (χ0) is 8.39. The number of hydrogen-bond acceptors (Lipinski definition) is 2. The Morgan fingerprint density at radius 2 is 1.83 bits per heavy atom. The van der Waals surface area contributed by atoms with Crippen LogP contribution < -0.4 is 0 Å².